The lowest BCUT2D eigenvalue weighted by Gasteiger charge is -2.15. The molecule has 0 spiro atoms. The molecule has 1 saturated carbocycles. The molecule has 154 valence electrons. The van der Waals surface area contributed by atoms with Crippen molar-refractivity contribution in [1.82, 2.24) is 19.6 Å². The van der Waals surface area contributed by atoms with Gasteiger partial charge in [-0.15, -0.1) is 0 Å². The molecule has 2 heterocycles. The van der Waals surface area contributed by atoms with Crippen LogP contribution in [0.15, 0.2) is 60.9 Å². The molecule has 5 heteroatoms. The number of carbonyl (C=O) groups is 1. The summed E-state index contributed by atoms with van der Waals surface area (Å²) in [6.45, 7) is 0. The van der Waals surface area contributed by atoms with Crippen LogP contribution in [0.5, 0.6) is 0 Å². The molecule has 0 saturated heterocycles. The number of hydrogen-bond donors (Lipinski definition) is 0. The van der Waals surface area contributed by atoms with E-state index in [1.165, 1.54) is 24.1 Å². The summed E-state index contributed by atoms with van der Waals surface area (Å²) in [5, 5.41) is 9.22. The van der Waals surface area contributed by atoms with Gasteiger partial charge in [0.2, 0.25) is 0 Å². The number of fused-ring (bicyclic) bond motifs is 1. The van der Waals surface area contributed by atoms with Gasteiger partial charge in [0.25, 0.3) is 0 Å². The van der Waals surface area contributed by atoms with Gasteiger partial charge < -0.3 is 0 Å². The van der Waals surface area contributed by atoms with E-state index in [-0.39, 0.29) is 0 Å². The third-order valence-corrected chi connectivity index (χ3v) is 6.51. The van der Waals surface area contributed by atoms with Gasteiger partial charge >= 0.3 is 0 Å². The molecule has 0 radical (unpaired) electrons. The molecular weight excluding hydrogens is 384 g/mol. The maximum atomic E-state index is 11.5. The Morgan fingerprint density at radius 2 is 1.52 bits per heavy atom. The Balaban J connectivity index is 1.39. The first-order valence-corrected chi connectivity index (χ1v) is 11.1. The molecule has 0 aliphatic heterocycles. The number of carbonyl (C=O) groups excluding carboxylic acids is 1. The van der Waals surface area contributed by atoms with E-state index in [0.29, 0.717) is 11.5 Å². The minimum atomic E-state index is 0.445. The first-order valence-electron chi connectivity index (χ1n) is 11.1. The fourth-order valence-corrected chi connectivity index (χ4v) is 4.78. The van der Waals surface area contributed by atoms with Crippen LogP contribution in [-0.4, -0.2) is 25.8 Å². The summed E-state index contributed by atoms with van der Waals surface area (Å²) >= 11 is 0. The van der Waals surface area contributed by atoms with Gasteiger partial charge in [-0.3, -0.25) is 4.79 Å². The quantitative estimate of drug-likeness (QED) is 0.422. The first kappa shape index (κ1) is 18.3. The van der Waals surface area contributed by atoms with Crippen molar-refractivity contribution in [3.8, 4) is 22.5 Å². The van der Waals surface area contributed by atoms with E-state index in [4.69, 9.17) is 0 Å². The van der Waals surface area contributed by atoms with Crippen molar-refractivity contribution in [2.24, 2.45) is 0 Å². The van der Waals surface area contributed by atoms with Crippen LogP contribution in [0.4, 0.5) is 0 Å². The summed E-state index contributed by atoms with van der Waals surface area (Å²) < 4.78 is 4.05. The fraction of sp³-hybridized carbons (Fsp3) is 0.269. The van der Waals surface area contributed by atoms with Crippen LogP contribution in [0.2, 0.25) is 0 Å². The SMILES string of the molecule is O=Cc1cnn(-c2cccc(-c3cccc(-n4ncc5c4CCCC5)c3)c2)c1C1CC1. The average Bonchev–Trinajstić information content (AvgIpc) is 3.42. The molecule has 5 nitrogen and oxygen atoms in total. The van der Waals surface area contributed by atoms with Crippen LogP contribution in [0.1, 0.15) is 58.9 Å². The predicted molar refractivity (Wildman–Crippen MR) is 120 cm³/mol. The van der Waals surface area contributed by atoms with E-state index in [0.717, 1.165) is 60.2 Å². The number of aryl methyl sites for hydroxylation is 1. The average molecular weight is 409 g/mol. The van der Waals surface area contributed by atoms with Crippen molar-refractivity contribution in [2.75, 3.05) is 0 Å². The number of aldehydes is 1. The Hall–Kier alpha value is -3.47. The van der Waals surface area contributed by atoms with Gasteiger partial charge in [-0.05, 0) is 79.5 Å². The minimum Gasteiger partial charge on any atom is -0.298 e. The molecule has 0 unspecified atom stereocenters. The number of hydrogen-bond acceptors (Lipinski definition) is 3. The van der Waals surface area contributed by atoms with Gasteiger partial charge in [0.1, 0.15) is 0 Å². The molecule has 4 aromatic rings. The lowest BCUT2D eigenvalue weighted by molar-refractivity contribution is 0.112. The third kappa shape index (κ3) is 3.21. The zero-order valence-corrected chi connectivity index (χ0v) is 17.4. The smallest absolute Gasteiger partial charge is 0.153 e. The molecule has 2 aliphatic carbocycles. The predicted octanol–water partition coefficient (Wildman–Crippen LogP) is 5.29. The lowest BCUT2D eigenvalue weighted by atomic mass is 9.98. The molecule has 0 amide bonds. The van der Waals surface area contributed by atoms with Crippen LogP contribution in [-0.2, 0) is 12.8 Å². The highest BCUT2D eigenvalue weighted by Gasteiger charge is 2.30. The normalized spacial score (nSPS) is 15.6. The van der Waals surface area contributed by atoms with Crippen molar-refractivity contribution in [1.29, 1.82) is 0 Å². The molecule has 2 aromatic heterocycles. The zero-order chi connectivity index (χ0) is 20.8. The van der Waals surface area contributed by atoms with Crippen molar-refractivity contribution in [3.63, 3.8) is 0 Å². The largest absolute Gasteiger partial charge is 0.298 e. The van der Waals surface area contributed by atoms with Crippen molar-refractivity contribution >= 4 is 6.29 Å². The summed E-state index contributed by atoms with van der Waals surface area (Å²) in [6, 6.07) is 17.0. The molecule has 0 atom stereocenters. The molecule has 1 fully saturated rings. The van der Waals surface area contributed by atoms with Crippen LogP contribution in [0.25, 0.3) is 22.5 Å². The lowest BCUT2D eigenvalue weighted by Crippen LogP contribution is -2.07. The summed E-state index contributed by atoms with van der Waals surface area (Å²) in [7, 11) is 0. The second kappa shape index (κ2) is 7.34. The van der Waals surface area contributed by atoms with E-state index < -0.39 is 0 Å². The molecule has 2 aromatic carbocycles. The van der Waals surface area contributed by atoms with Crippen molar-refractivity contribution in [3.05, 3.63) is 83.4 Å². The van der Waals surface area contributed by atoms with Gasteiger partial charge in [0, 0.05) is 11.6 Å². The Bertz CT molecular complexity index is 1280. The summed E-state index contributed by atoms with van der Waals surface area (Å²) in [5.74, 6) is 0.445. The van der Waals surface area contributed by atoms with Crippen LogP contribution in [0.3, 0.4) is 0 Å². The second-order valence-corrected chi connectivity index (χ2v) is 8.63. The molecule has 6 rings (SSSR count). The van der Waals surface area contributed by atoms with E-state index >= 15 is 0 Å². The van der Waals surface area contributed by atoms with Gasteiger partial charge in [-0.25, -0.2) is 9.36 Å². The Kier molecular flexibility index (Phi) is 4.34. The van der Waals surface area contributed by atoms with Gasteiger partial charge in [-0.2, -0.15) is 10.2 Å². The summed E-state index contributed by atoms with van der Waals surface area (Å²) in [6.07, 6.45) is 11.6. The zero-order valence-electron chi connectivity index (χ0n) is 17.4. The number of benzene rings is 2. The molecule has 0 N–H and O–H groups in total. The summed E-state index contributed by atoms with van der Waals surface area (Å²) in [4.78, 5) is 11.5. The van der Waals surface area contributed by atoms with E-state index in [9.17, 15) is 4.79 Å². The summed E-state index contributed by atoms with van der Waals surface area (Å²) in [5.41, 5.74) is 8.87. The third-order valence-electron chi connectivity index (χ3n) is 6.51. The number of rotatable bonds is 5. The Labute approximate surface area is 181 Å². The van der Waals surface area contributed by atoms with Gasteiger partial charge in [-0.1, -0.05) is 24.3 Å². The standard InChI is InChI=1S/C26H24N4O/c31-17-22-16-28-30(26(22)18-11-12-18)24-9-4-7-20(14-24)19-6-3-8-23(13-19)29-25-10-2-1-5-21(25)15-27-29/h3-4,6-9,13-18H,1-2,5,10-12H2. The van der Waals surface area contributed by atoms with Crippen molar-refractivity contribution in [2.45, 2.75) is 44.4 Å². The van der Waals surface area contributed by atoms with Crippen molar-refractivity contribution < 1.29 is 4.79 Å². The molecular formula is C26H24N4O. The minimum absolute atomic E-state index is 0.445. The molecule has 0 bridgehead atoms. The van der Waals surface area contributed by atoms with Crippen LogP contribution >= 0.6 is 0 Å². The Morgan fingerprint density at radius 1 is 0.839 bits per heavy atom. The number of aromatic nitrogens is 4. The van der Waals surface area contributed by atoms with Gasteiger partial charge in [0.05, 0.1) is 35.0 Å². The number of nitrogens with zero attached hydrogens (tertiary/aromatic N) is 4. The van der Waals surface area contributed by atoms with E-state index in [1.807, 2.05) is 10.9 Å². The highest BCUT2D eigenvalue weighted by Crippen LogP contribution is 2.42. The maximum Gasteiger partial charge on any atom is 0.153 e. The first-order chi connectivity index (χ1) is 15.3. The van der Waals surface area contributed by atoms with E-state index in [2.05, 4.69) is 63.4 Å². The second-order valence-electron chi connectivity index (χ2n) is 8.63. The monoisotopic (exact) mass is 408 g/mol. The van der Waals surface area contributed by atoms with E-state index in [1.54, 1.807) is 6.20 Å². The fourth-order valence-electron chi connectivity index (χ4n) is 4.78. The molecule has 2 aliphatic rings. The highest BCUT2D eigenvalue weighted by atomic mass is 16.1. The maximum absolute atomic E-state index is 11.5. The highest BCUT2D eigenvalue weighted by molar-refractivity contribution is 5.77. The Morgan fingerprint density at radius 3 is 2.23 bits per heavy atom. The molecule has 31 heavy (non-hydrogen) atoms. The van der Waals surface area contributed by atoms with Gasteiger partial charge in [0.15, 0.2) is 6.29 Å². The van der Waals surface area contributed by atoms with Crippen LogP contribution in [0, 0.1) is 0 Å². The van der Waals surface area contributed by atoms with Crippen LogP contribution < -0.4 is 0 Å². The topological polar surface area (TPSA) is 52.7 Å².